The Hall–Kier alpha value is -2.01. The van der Waals surface area contributed by atoms with E-state index in [4.69, 9.17) is 9.47 Å². The molecule has 0 spiro atoms. The molecule has 0 fully saturated rings. The molecule has 2 aromatic carbocycles. The van der Waals surface area contributed by atoms with Gasteiger partial charge in [-0.15, -0.1) is 0 Å². The fourth-order valence-corrected chi connectivity index (χ4v) is 3.39. The Morgan fingerprint density at radius 2 is 1.78 bits per heavy atom. The van der Waals surface area contributed by atoms with Crippen molar-refractivity contribution in [1.82, 2.24) is 0 Å². The van der Waals surface area contributed by atoms with E-state index in [1.165, 1.54) is 5.56 Å². The molecule has 1 atom stereocenters. The third-order valence-electron chi connectivity index (χ3n) is 4.07. The van der Waals surface area contributed by atoms with E-state index >= 15 is 0 Å². The van der Waals surface area contributed by atoms with Crippen LogP contribution in [0, 0.1) is 0 Å². The van der Waals surface area contributed by atoms with Crippen LogP contribution < -0.4 is 14.4 Å². The van der Waals surface area contributed by atoms with E-state index in [-0.39, 0.29) is 11.9 Å². The minimum absolute atomic E-state index is 0.0456. The van der Waals surface area contributed by atoms with Gasteiger partial charge in [0, 0.05) is 27.8 Å². The largest absolute Gasteiger partial charge is 0.497 e. The molecule has 0 aliphatic carbocycles. The Balaban J connectivity index is 2.01. The van der Waals surface area contributed by atoms with Crippen LogP contribution in [0.4, 0.5) is 5.69 Å². The molecule has 23 heavy (non-hydrogen) atoms. The van der Waals surface area contributed by atoms with Gasteiger partial charge in [0.1, 0.15) is 11.5 Å². The van der Waals surface area contributed by atoms with E-state index in [9.17, 15) is 4.79 Å². The Morgan fingerprint density at radius 1 is 1.13 bits per heavy atom. The van der Waals surface area contributed by atoms with Crippen LogP contribution in [0.5, 0.6) is 11.5 Å². The zero-order chi connectivity index (χ0) is 16.6. The van der Waals surface area contributed by atoms with Crippen molar-refractivity contribution in [2.75, 3.05) is 19.1 Å². The highest BCUT2D eigenvalue weighted by Gasteiger charge is 2.32. The predicted molar refractivity (Wildman–Crippen MR) is 93.7 cm³/mol. The number of carbonyl (C=O) groups excluding carboxylic acids is 1. The number of rotatable bonds is 3. The minimum atomic E-state index is -0.0456. The Labute approximate surface area is 144 Å². The number of amides is 1. The molecular weight excluding hydrogens is 358 g/mol. The van der Waals surface area contributed by atoms with Gasteiger partial charge >= 0.3 is 0 Å². The molecule has 0 N–H and O–H groups in total. The molecule has 0 saturated heterocycles. The van der Waals surface area contributed by atoms with Crippen molar-refractivity contribution >= 4 is 27.5 Å². The molecule has 1 amide bonds. The summed E-state index contributed by atoms with van der Waals surface area (Å²) in [6.45, 7) is 2.06. The third-order valence-corrected chi connectivity index (χ3v) is 4.57. The zero-order valence-electron chi connectivity index (χ0n) is 13.3. The quantitative estimate of drug-likeness (QED) is 0.811. The summed E-state index contributed by atoms with van der Waals surface area (Å²) in [6, 6.07) is 11.4. The van der Waals surface area contributed by atoms with Gasteiger partial charge in [0.05, 0.1) is 14.2 Å². The maximum Gasteiger partial charge on any atom is 0.258 e. The summed E-state index contributed by atoms with van der Waals surface area (Å²) in [5.41, 5.74) is 2.70. The molecule has 4 nitrogen and oxygen atoms in total. The molecule has 1 aliphatic rings. The van der Waals surface area contributed by atoms with Crippen molar-refractivity contribution in [2.45, 2.75) is 19.4 Å². The average Bonchev–Trinajstić information content (AvgIpc) is 2.88. The molecule has 0 radical (unpaired) electrons. The van der Waals surface area contributed by atoms with Gasteiger partial charge < -0.3 is 14.4 Å². The number of methoxy groups -OCH3 is 2. The number of benzene rings is 2. The Bertz CT molecular complexity index is 738. The van der Waals surface area contributed by atoms with E-state index < -0.39 is 0 Å². The lowest BCUT2D eigenvalue weighted by molar-refractivity contribution is 0.0981. The first-order valence-electron chi connectivity index (χ1n) is 7.38. The summed E-state index contributed by atoms with van der Waals surface area (Å²) in [5.74, 6) is 1.17. The van der Waals surface area contributed by atoms with Crippen molar-refractivity contribution in [3.05, 3.63) is 52.0 Å². The molecule has 0 aromatic heterocycles. The van der Waals surface area contributed by atoms with Crippen LogP contribution in [0.2, 0.25) is 0 Å². The van der Waals surface area contributed by atoms with Crippen LogP contribution in [0.15, 0.2) is 40.9 Å². The van der Waals surface area contributed by atoms with Gasteiger partial charge in [-0.1, -0.05) is 15.9 Å². The maximum atomic E-state index is 13.0. The molecule has 3 rings (SSSR count). The van der Waals surface area contributed by atoms with Crippen LogP contribution in [-0.4, -0.2) is 26.2 Å². The molecule has 1 heterocycles. The summed E-state index contributed by atoms with van der Waals surface area (Å²) < 4.78 is 11.6. The highest BCUT2D eigenvalue weighted by atomic mass is 79.9. The van der Waals surface area contributed by atoms with Crippen molar-refractivity contribution in [1.29, 1.82) is 0 Å². The Kier molecular flexibility index (Phi) is 4.31. The molecule has 5 heteroatoms. The standard InChI is InChI=1S/C18H18BrNO3/c1-11-6-12-7-14(19)4-5-17(12)20(11)18(21)13-8-15(22-2)10-16(9-13)23-3/h4-5,7-11H,6H2,1-3H3/t11-/m1/s1. The second-order valence-electron chi connectivity index (χ2n) is 5.60. The minimum Gasteiger partial charge on any atom is -0.497 e. The molecule has 0 unspecified atom stereocenters. The molecular formula is C18H18BrNO3. The van der Waals surface area contributed by atoms with Crippen LogP contribution in [0.25, 0.3) is 0 Å². The molecule has 2 aromatic rings. The van der Waals surface area contributed by atoms with Crippen molar-refractivity contribution in [2.24, 2.45) is 0 Å². The average molecular weight is 376 g/mol. The third kappa shape index (κ3) is 2.93. The van der Waals surface area contributed by atoms with E-state index in [0.29, 0.717) is 17.1 Å². The number of fused-ring (bicyclic) bond motifs is 1. The van der Waals surface area contributed by atoms with Crippen molar-refractivity contribution in [3.63, 3.8) is 0 Å². The smallest absolute Gasteiger partial charge is 0.258 e. The number of anilines is 1. The first-order valence-corrected chi connectivity index (χ1v) is 8.18. The van der Waals surface area contributed by atoms with Gasteiger partial charge in [-0.05, 0) is 49.2 Å². The summed E-state index contributed by atoms with van der Waals surface area (Å²) in [4.78, 5) is 14.9. The van der Waals surface area contributed by atoms with Crippen molar-refractivity contribution in [3.8, 4) is 11.5 Å². The monoisotopic (exact) mass is 375 g/mol. The number of halogens is 1. The fourth-order valence-electron chi connectivity index (χ4n) is 2.98. The van der Waals surface area contributed by atoms with Gasteiger partial charge in [-0.2, -0.15) is 0 Å². The van der Waals surface area contributed by atoms with Gasteiger partial charge in [0.25, 0.3) is 5.91 Å². The topological polar surface area (TPSA) is 38.8 Å². The van der Waals surface area contributed by atoms with E-state index in [1.807, 2.05) is 17.0 Å². The predicted octanol–water partition coefficient (Wildman–Crippen LogP) is 4.06. The first-order chi connectivity index (χ1) is 11.0. The SMILES string of the molecule is COc1cc(OC)cc(C(=O)N2c3ccc(Br)cc3C[C@H]2C)c1. The van der Waals surface area contributed by atoms with Crippen LogP contribution in [0.3, 0.4) is 0 Å². The van der Waals surface area contributed by atoms with E-state index in [2.05, 4.69) is 28.9 Å². The first kappa shape index (κ1) is 15.9. The van der Waals surface area contributed by atoms with E-state index in [1.54, 1.807) is 32.4 Å². The molecule has 120 valence electrons. The maximum absolute atomic E-state index is 13.0. The second kappa shape index (κ2) is 6.24. The van der Waals surface area contributed by atoms with Crippen molar-refractivity contribution < 1.29 is 14.3 Å². The lowest BCUT2D eigenvalue weighted by atomic mass is 10.1. The molecule has 1 aliphatic heterocycles. The highest BCUT2D eigenvalue weighted by Crippen LogP contribution is 2.36. The number of ether oxygens (including phenoxy) is 2. The van der Waals surface area contributed by atoms with Crippen LogP contribution in [-0.2, 0) is 6.42 Å². The van der Waals surface area contributed by atoms with E-state index in [0.717, 1.165) is 16.6 Å². The fraction of sp³-hybridized carbons (Fsp3) is 0.278. The number of nitrogens with zero attached hydrogens (tertiary/aromatic N) is 1. The van der Waals surface area contributed by atoms with Gasteiger partial charge in [0.2, 0.25) is 0 Å². The van der Waals surface area contributed by atoms with Gasteiger partial charge in [0.15, 0.2) is 0 Å². The Morgan fingerprint density at radius 3 is 2.39 bits per heavy atom. The van der Waals surface area contributed by atoms with Crippen LogP contribution >= 0.6 is 15.9 Å². The lowest BCUT2D eigenvalue weighted by Crippen LogP contribution is -2.35. The number of carbonyl (C=O) groups is 1. The summed E-state index contributed by atoms with van der Waals surface area (Å²) in [6.07, 6.45) is 0.849. The summed E-state index contributed by atoms with van der Waals surface area (Å²) in [7, 11) is 3.16. The lowest BCUT2D eigenvalue weighted by Gasteiger charge is -2.23. The highest BCUT2D eigenvalue weighted by molar-refractivity contribution is 9.10. The molecule has 0 saturated carbocycles. The van der Waals surface area contributed by atoms with Gasteiger partial charge in [-0.25, -0.2) is 0 Å². The normalized spacial score (nSPS) is 16.2. The van der Waals surface area contributed by atoms with Gasteiger partial charge in [-0.3, -0.25) is 4.79 Å². The molecule has 0 bridgehead atoms. The summed E-state index contributed by atoms with van der Waals surface area (Å²) in [5, 5.41) is 0. The summed E-state index contributed by atoms with van der Waals surface area (Å²) >= 11 is 3.49. The number of hydrogen-bond donors (Lipinski definition) is 0. The zero-order valence-corrected chi connectivity index (χ0v) is 14.9. The van der Waals surface area contributed by atoms with Crippen LogP contribution in [0.1, 0.15) is 22.8 Å². The number of hydrogen-bond acceptors (Lipinski definition) is 3. The second-order valence-corrected chi connectivity index (χ2v) is 6.52.